The molecule has 1 N–H and O–H groups in total. The van der Waals surface area contributed by atoms with Crippen molar-refractivity contribution in [1.29, 1.82) is 0 Å². The van der Waals surface area contributed by atoms with Crippen LogP contribution in [0.5, 0.6) is 0 Å². The molecule has 2 saturated heterocycles. The summed E-state index contributed by atoms with van der Waals surface area (Å²) in [6.45, 7) is 3.92. The highest BCUT2D eigenvalue weighted by Crippen LogP contribution is 2.26. The zero-order valence-electron chi connectivity index (χ0n) is 14.5. The number of aliphatic hydroxyl groups is 1. The SMILES string of the molecule is O=C(c1ccnc2ccccc12)N1CCC[C@@](O)(CN2CCCC2)C1. The van der Waals surface area contributed by atoms with Gasteiger partial charge in [-0.1, -0.05) is 18.2 Å². The zero-order valence-corrected chi connectivity index (χ0v) is 14.5. The highest BCUT2D eigenvalue weighted by Gasteiger charge is 2.37. The van der Waals surface area contributed by atoms with Gasteiger partial charge in [-0.15, -0.1) is 0 Å². The van der Waals surface area contributed by atoms with E-state index in [-0.39, 0.29) is 5.91 Å². The van der Waals surface area contributed by atoms with Gasteiger partial charge in [-0.25, -0.2) is 0 Å². The topological polar surface area (TPSA) is 56.7 Å². The van der Waals surface area contributed by atoms with Crippen LogP contribution in [0.2, 0.25) is 0 Å². The lowest BCUT2D eigenvalue weighted by molar-refractivity contribution is -0.0430. The highest BCUT2D eigenvalue weighted by molar-refractivity contribution is 6.06. The molecule has 2 aliphatic rings. The van der Waals surface area contributed by atoms with Crippen LogP contribution in [0.3, 0.4) is 0 Å². The summed E-state index contributed by atoms with van der Waals surface area (Å²) in [4.78, 5) is 21.6. The summed E-state index contributed by atoms with van der Waals surface area (Å²) in [6.07, 6.45) is 5.73. The molecule has 1 aromatic carbocycles. The molecule has 2 aliphatic heterocycles. The normalized spacial score (nSPS) is 24.8. The first-order valence-corrected chi connectivity index (χ1v) is 9.22. The summed E-state index contributed by atoms with van der Waals surface area (Å²) >= 11 is 0. The van der Waals surface area contributed by atoms with E-state index in [2.05, 4.69) is 9.88 Å². The van der Waals surface area contributed by atoms with Crippen LogP contribution >= 0.6 is 0 Å². The average molecular weight is 339 g/mol. The van der Waals surface area contributed by atoms with Crippen LogP contribution in [0.15, 0.2) is 36.5 Å². The van der Waals surface area contributed by atoms with Crippen LogP contribution in [-0.4, -0.2) is 64.1 Å². The molecule has 0 saturated carbocycles. The molecule has 2 aromatic rings. The van der Waals surface area contributed by atoms with Crippen LogP contribution < -0.4 is 0 Å². The predicted octanol–water partition coefficient (Wildman–Crippen LogP) is 2.30. The Hall–Kier alpha value is -1.98. The van der Waals surface area contributed by atoms with E-state index in [0.29, 0.717) is 25.2 Å². The predicted molar refractivity (Wildman–Crippen MR) is 97.5 cm³/mol. The maximum atomic E-state index is 13.1. The first-order chi connectivity index (χ1) is 12.1. The van der Waals surface area contributed by atoms with Gasteiger partial charge in [-0.05, 0) is 50.9 Å². The summed E-state index contributed by atoms with van der Waals surface area (Å²) in [6, 6.07) is 9.51. The Kier molecular flexibility index (Phi) is 4.44. The first-order valence-electron chi connectivity index (χ1n) is 9.22. The van der Waals surface area contributed by atoms with E-state index in [0.717, 1.165) is 36.8 Å². The third-order valence-corrected chi connectivity index (χ3v) is 5.44. The Labute approximate surface area is 148 Å². The van der Waals surface area contributed by atoms with Crippen LogP contribution in [0, 0.1) is 0 Å². The number of rotatable bonds is 3. The summed E-state index contributed by atoms with van der Waals surface area (Å²) in [7, 11) is 0. The molecule has 3 heterocycles. The zero-order chi connectivity index (χ0) is 17.3. The number of aromatic nitrogens is 1. The van der Waals surface area contributed by atoms with Gasteiger partial charge >= 0.3 is 0 Å². The Balaban J connectivity index is 1.55. The maximum absolute atomic E-state index is 13.1. The smallest absolute Gasteiger partial charge is 0.254 e. The van der Waals surface area contributed by atoms with Gasteiger partial charge in [0.05, 0.1) is 23.2 Å². The largest absolute Gasteiger partial charge is 0.387 e. The number of benzene rings is 1. The molecule has 5 heteroatoms. The Morgan fingerprint density at radius 1 is 1.12 bits per heavy atom. The second-order valence-corrected chi connectivity index (χ2v) is 7.41. The van der Waals surface area contributed by atoms with Crippen LogP contribution in [0.25, 0.3) is 10.9 Å². The average Bonchev–Trinajstić information content (AvgIpc) is 3.13. The van der Waals surface area contributed by atoms with Crippen molar-refractivity contribution < 1.29 is 9.90 Å². The van der Waals surface area contributed by atoms with Gasteiger partial charge in [0.25, 0.3) is 5.91 Å². The lowest BCUT2D eigenvalue weighted by Crippen LogP contribution is -2.55. The third kappa shape index (κ3) is 3.39. The van der Waals surface area contributed by atoms with E-state index < -0.39 is 5.60 Å². The van der Waals surface area contributed by atoms with Crippen LogP contribution in [0.4, 0.5) is 0 Å². The van der Waals surface area contributed by atoms with E-state index in [4.69, 9.17) is 0 Å². The van der Waals surface area contributed by atoms with Crippen molar-refractivity contribution >= 4 is 16.8 Å². The molecule has 2 fully saturated rings. The number of para-hydroxylation sites is 1. The van der Waals surface area contributed by atoms with Crippen LogP contribution in [-0.2, 0) is 0 Å². The molecule has 0 bridgehead atoms. The van der Waals surface area contributed by atoms with Gasteiger partial charge in [0.15, 0.2) is 0 Å². The number of β-amino-alcohol motifs (C(OH)–C–C–N with tert-alkyl or cyclic N) is 1. The lowest BCUT2D eigenvalue weighted by Gasteiger charge is -2.41. The molecule has 25 heavy (non-hydrogen) atoms. The monoisotopic (exact) mass is 339 g/mol. The number of piperidine rings is 1. The molecule has 1 amide bonds. The van der Waals surface area contributed by atoms with E-state index in [1.807, 2.05) is 29.2 Å². The molecule has 0 aliphatic carbocycles. The first kappa shape index (κ1) is 16.5. The van der Waals surface area contributed by atoms with Crippen molar-refractivity contribution in [2.24, 2.45) is 0 Å². The quantitative estimate of drug-likeness (QED) is 0.932. The van der Waals surface area contributed by atoms with Crippen molar-refractivity contribution in [1.82, 2.24) is 14.8 Å². The fourth-order valence-electron chi connectivity index (χ4n) is 4.22. The summed E-state index contributed by atoms with van der Waals surface area (Å²) in [5, 5.41) is 11.9. The maximum Gasteiger partial charge on any atom is 0.254 e. The number of pyridine rings is 1. The molecule has 1 aromatic heterocycles. The molecule has 0 spiro atoms. The number of hydrogen-bond donors (Lipinski definition) is 1. The number of hydrogen-bond acceptors (Lipinski definition) is 4. The minimum atomic E-state index is -0.791. The number of likely N-dealkylation sites (tertiary alicyclic amines) is 2. The second kappa shape index (κ2) is 6.73. The van der Waals surface area contributed by atoms with E-state index >= 15 is 0 Å². The lowest BCUT2D eigenvalue weighted by atomic mass is 9.91. The van der Waals surface area contributed by atoms with Gasteiger partial charge in [-0.2, -0.15) is 0 Å². The molecular formula is C20H25N3O2. The van der Waals surface area contributed by atoms with Gasteiger partial charge in [0.1, 0.15) is 0 Å². The molecular weight excluding hydrogens is 314 g/mol. The molecule has 0 radical (unpaired) electrons. The molecule has 132 valence electrons. The summed E-state index contributed by atoms with van der Waals surface area (Å²) < 4.78 is 0. The Bertz CT molecular complexity index is 767. The van der Waals surface area contributed by atoms with Crippen molar-refractivity contribution in [3.8, 4) is 0 Å². The number of carbonyl (C=O) groups excluding carboxylic acids is 1. The second-order valence-electron chi connectivity index (χ2n) is 7.41. The van der Waals surface area contributed by atoms with Gasteiger partial charge < -0.3 is 14.9 Å². The standard InChI is InChI=1S/C20H25N3O2/c24-19(17-8-10-21-18-7-2-1-6-16(17)18)23-13-5-9-20(25,15-23)14-22-11-3-4-12-22/h1-2,6-8,10,25H,3-5,9,11-15H2/t20-/m1/s1. The third-order valence-electron chi connectivity index (χ3n) is 5.44. The Morgan fingerprint density at radius 2 is 1.92 bits per heavy atom. The molecule has 4 rings (SSSR count). The minimum absolute atomic E-state index is 0.00172. The van der Waals surface area contributed by atoms with E-state index in [9.17, 15) is 9.90 Å². The number of fused-ring (bicyclic) bond motifs is 1. The van der Waals surface area contributed by atoms with Crippen molar-refractivity contribution in [2.75, 3.05) is 32.7 Å². The summed E-state index contributed by atoms with van der Waals surface area (Å²) in [5.41, 5.74) is 0.717. The van der Waals surface area contributed by atoms with E-state index in [1.165, 1.54) is 12.8 Å². The fourth-order valence-corrected chi connectivity index (χ4v) is 4.22. The van der Waals surface area contributed by atoms with Crippen LogP contribution in [0.1, 0.15) is 36.0 Å². The van der Waals surface area contributed by atoms with Gasteiger partial charge in [-0.3, -0.25) is 9.78 Å². The fraction of sp³-hybridized carbons (Fsp3) is 0.500. The Morgan fingerprint density at radius 3 is 2.76 bits per heavy atom. The van der Waals surface area contributed by atoms with Crippen molar-refractivity contribution in [2.45, 2.75) is 31.3 Å². The number of nitrogens with zero attached hydrogens (tertiary/aromatic N) is 3. The molecule has 5 nitrogen and oxygen atoms in total. The highest BCUT2D eigenvalue weighted by atomic mass is 16.3. The van der Waals surface area contributed by atoms with E-state index in [1.54, 1.807) is 12.3 Å². The number of amides is 1. The number of carbonyl (C=O) groups is 1. The molecule has 0 unspecified atom stereocenters. The molecule has 1 atom stereocenters. The van der Waals surface area contributed by atoms with Crippen molar-refractivity contribution in [3.05, 3.63) is 42.1 Å². The van der Waals surface area contributed by atoms with Gasteiger partial charge in [0.2, 0.25) is 0 Å². The minimum Gasteiger partial charge on any atom is -0.387 e. The van der Waals surface area contributed by atoms with Gasteiger partial charge in [0, 0.05) is 24.7 Å². The summed E-state index contributed by atoms with van der Waals surface area (Å²) in [5.74, 6) is -0.00172. The van der Waals surface area contributed by atoms with Crippen molar-refractivity contribution in [3.63, 3.8) is 0 Å².